The number of carbonyl (C=O) groups excluding carboxylic acids is 1. The Morgan fingerprint density at radius 3 is 2.68 bits per heavy atom. The van der Waals surface area contributed by atoms with Crippen LogP contribution in [0.1, 0.15) is 17.3 Å². The number of fused-ring (bicyclic) bond motifs is 1. The van der Waals surface area contributed by atoms with Crippen LogP contribution in [0.25, 0.3) is 0 Å². The van der Waals surface area contributed by atoms with E-state index in [0.29, 0.717) is 18.2 Å². The largest absolute Gasteiger partial charge is 0.382 e. The van der Waals surface area contributed by atoms with Crippen LogP contribution >= 0.6 is 0 Å². The Morgan fingerprint density at radius 2 is 2.00 bits per heavy atom. The third kappa shape index (κ3) is 3.38. The van der Waals surface area contributed by atoms with Crippen LogP contribution in [0, 0.1) is 0 Å². The molecule has 0 bridgehead atoms. The summed E-state index contributed by atoms with van der Waals surface area (Å²) in [6.45, 7) is 4.53. The van der Waals surface area contributed by atoms with Crippen molar-refractivity contribution in [3.05, 3.63) is 23.8 Å². The van der Waals surface area contributed by atoms with E-state index in [-0.39, 0.29) is 5.91 Å². The van der Waals surface area contributed by atoms with Gasteiger partial charge in [0.05, 0.1) is 11.4 Å². The van der Waals surface area contributed by atoms with Gasteiger partial charge < -0.3 is 20.9 Å². The van der Waals surface area contributed by atoms with Gasteiger partial charge in [0.2, 0.25) is 0 Å². The average Bonchev–Trinajstić information content (AvgIpc) is 2.43. The van der Waals surface area contributed by atoms with Crippen LogP contribution in [0.2, 0.25) is 0 Å². The summed E-state index contributed by atoms with van der Waals surface area (Å²) in [6.07, 6.45) is 0. The normalized spacial score (nSPS) is 15.2. The van der Waals surface area contributed by atoms with Crippen LogP contribution in [0.15, 0.2) is 18.2 Å². The number of hydrogen-bond acceptors (Lipinski definition) is 4. The van der Waals surface area contributed by atoms with Crippen molar-refractivity contribution in [1.29, 1.82) is 0 Å². The predicted octanol–water partition coefficient (Wildman–Crippen LogP) is 1.20. The number of hydrogen-bond donors (Lipinski definition) is 3. The molecule has 5 nitrogen and oxygen atoms in total. The van der Waals surface area contributed by atoms with E-state index in [1.807, 2.05) is 32.3 Å². The number of amides is 1. The molecule has 0 aromatic heterocycles. The Hall–Kier alpha value is -1.75. The molecule has 1 aromatic carbocycles. The van der Waals surface area contributed by atoms with Gasteiger partial charge in [-0.1, -0.05) is 0 Å². The molecule has 1 aliphatic rings. The Morgan fingerprint density at radius 1 is 1.32 bits per heavy atom. The Bertz CT molecular complexity index is 459. The Labute approximate surface area is 114 Å². The maximum absolute atomic E-state index is 12.1. The molecule has 1 aromatic rings. The maximum Gasteiger partial charge on any atom is 0.251 e. The quantitative estimate of drug-likeness (QED) is 0.763. The molecule has 1 atom stereocenters. The third-order valence-electron chi connectivity index (χ3n) is 3.48. The zero-order chi connectivity index (χ0) is 13.8. The summed E-state index contributed by atoms with van der Waals surface area (Å²) in [5, 5.41) is 9.54. The zero-order valence-corrected chi connectivity index (χ0v) is 11.8. The summed E-state index contributed by atoms with van der Waals surface area (Å²) in [5.74, 6) is -0.0242. The molecule has 5 heteroatoms. The molecule has 2 rings (SSSR count). The van der Waals surface area contributed by atoms with Crippen LogP contribution in [0.3, 0.4) is 0 Å². The van der Waals surface area contributed by atoms with Crippen LogP contribution in [-0.4, -0.2) is 50.6 Å². The lowest BCUT2D eigenvalue weighted by molar-refractivity contribution is 0.0943. The van der Waals surface area contributed by atoms with E-state index in [1.54, 1.807) is 0 Å². The van der Waals surface area contributed by atoms with E-state index in [0.717, 1.165) is 24.5 Å². The standard InChI is InChI=1S/C14H22N4O/c1-10(18(2)3)9-17-14(19)11-4-5-12-13(8-11)16-7-6-15-12/h4-5,8,10,15-16H,6-7,9H2,1-3H3,(H,17,19). The van der Waals surface area contributed by atoms with Crippen LogP contribution < -0.4 is 16.0 Å². The van der Waals surface area contributed by atoms with Gasteiger partial charge in [0.15, 0.2) is 0 Å². The minimum atomic E-state index is -0.0242. The molecule has 1 aliphatic heterocycles. The third-order valence-corrected chi connectivity index (χ3v) is 3.48. The first-order chi connectivity index (χ1) is 9.08. The first-order valence-corrected chi connectivity index (χ1v) is 6.64. The summed E-state index contributed by atoms with van der Waals surface area (Å²) in [5.41, 5.74) is 2.75. The van der Waals surface area contributed by atoms with E-state index in [9.17, 15) is 4.79 Å². The van der Waals surface area contributed by atoms with Crippen molar-refractivity contribution < 1.29 is 4.79 Å². The van der Waals surface area contributed by atoms with Gasteiger partial charge in [-0.05, 0) is 39.2 Å². The molecular formula is C14H22N4O. The fourth-order valence-electron chi connectivity index (χ4n) is 1.91. The summed E-state index contributed by atoms with van der Waals surface area (Å²) in [4.78, 5) is 14.2. The average molecular weight is 262 g/mol. The van der Waals surface area contributed by atoms with Gasteiger partial charge in [0.1, 0.15) is 0 Å². The molecule has 3 N–H and O–H groups in total. The number of nitrogens with zero attached hydrogens (tertiary/aromatic N) is 1. The SMILES string of the molecule is CC(CNC(=O)c1ccc2c(c1)NCCN2)N(C)C. The second-order valence-electron chi connectivity index (χ2n) is 5.14. The molecule has 0 spiro atoms. The highest BCUT2D eigenvalue weighted by Gasteiger charge is 2.13. The minimum Gasteiger partial charge on any atom is -0.382 e. The highest BCUT2D eigenvalue weighted by Crippen LogP contribution is 2.25. The molecule has 19 heavy (non-hydrogen) atoms. The fourth-order valence-corrected chi connectivity index (χ4v) is 1.91. The fraction of sp³-hybridized carbons (Fsp3) is 0.500. The van der Waals surface area contributed by atoms with Crippen LogP contribution in [0.5, 0.6) is 0 Å². The molecule has 0 fully saturated rings. The maximum atomic E-state index is 12.1. The molecular weight excluding hydrogens is 240 g/mol. The lowest BCUT2D eigenvalue weighted by Gasteiger charge is -2.21. The highest BCUT2D eigenvalue weighted by molar-refractivity contribution is 5.96. The topological polar surface area (TPSA) is 56.4 Å². The van der Waals surface area contributed by atoms with Crippen molar-refractivity contribution in [2.24, 2.45) is 0 Å². The van der Waals surface area contributed by atoms with Gasteiger partial charge in [-0.2, -0.15) is 0 Å². The predicted molar refractivity (Wildman–Crippen MR) is 78.9 cm³/mol. The monoisotopic (exact) mass is 262 g/mol. The number of carbonyl (C=O) groups is 1. The van der Waals surface area contributed by atoms with Gasteiger partial charge in [-0.3, -0.25) is 4.79 Å². The van der Waals surface area contributed by atoms with Gasteiger partial charge in [-0.15, -0.1) is 0 Å². The van der Waals surface area contributed by atoms with E-state index in [1.165, 1.54) is 0 Å². The number of benzene rings is 1. The Balaban J connectivity index is 1.99. The zero-order valence-electron chi connectivity index (χ0n) is 11.8. The van der Waals surface area contributed by atoms with Crippen molar-refractivity contribution in [3.63, 3.8) is 0 Å². The molecule has 104 valence electrons. The summed E-state index contributed by atoms with van der Waals surface area (Å²) in [7, 11) is 4.01. The van der Waals surface area contributed by atoms with Crippen molar-refractivity contribution in [2.75, 3.05) is 44.4 Å². The summed E-state index contributed by atoms with van der Waals surface area (Å²) < 4.78 is 0. The van der Waals surface area contributed by atoms with Gasteiger partial charge in [-0.25, -0.2) is 0 Å². The molecule has 1 amide bonds. The van der Waals surface area contributed by atoms with Crippen molar-refractivity contribution in [3.8, 4) is 0 Å². The molecule has 0 saturated carbocycles. The first kappa shape index (κ1) is 13.7. The molecule has 0 aliphatic carbocycles. The lowest BCUT2D eigenvalue weighted by atomic mass is 10.1. The van der Waals surface area contributed by atoms with Crippen LogP contribution in [0.4, 0.5) is 11.4 Å². The molecule has 1 unspecified atom stereocenters. The van der Waals surface area contributed by atoms with Gasteiger partial charge >= 0.3 is 0 Å². The van der Waals surface area contributed by atoms with E-state index in [2.05, 4.69) is 27.8 Å². The van der Waals surface area contributed by atoms with E-state index < -0.39 is 0 Å². The Kier molecular flexibility index (Phi) is 4.27. The van der Waals surface area contributed by atoms with Gasteiger partial charge in [0, 0.05) is 31.2 Å². The lowest BCUT2D eigenvalue weighted by Crippen LogP contribution is -2.38. The van der Waals surface area contributed by atoms with E-state index >= 15 is 0 Å². The van der Waals surface area contributed by atoms with Gasteiger partial charge in [0.25, 0.3) is 5.91 Å². The van der Waals surface area contributed by atoms with Crippen molar-refractivity contribution >= 4 is 17.3 Å². The van der Waals surface area contributed by atoms with Crippen molar-refractivity contribution in [2.45, 2.75) is 13.0 Å². The number of anilines is 2. The first-order valence-electron chi connectivity index (χ1n) is 6.64. The number of likely N-dealkylation sites (N-methyl/N-ethyl adjacent to an activating group) is 1. The molecule has 0 saturated heterocycles. The second kappa shape index (κ2) is 5.93. The number of rotatable bonds is 4. The van der Waals surface area contributed by atoms with Crippen molar-refractivity contribution in [1.82, 2.24) is 10.2 Å². The highest BCUT2D eigenvalue weighted by atomic mass is 16.1. The van der Waals surface area contributed by atoms with Crippen LogP contribution in [-0.2, 0) is 0 Å². The smallest absolute Gasteiger partial charge is 0.251 e. The second-order valence-corrected chi connectivity index (χ2v) is 5.14. The number of nitrogens with one attached hydrogen (secondary N) is 3. The minimum absolute atomic E-state index is 0.0242. The molecule has 1 heterocycles. The molecule has 0 radical (unpaired) electrons. The summed E-state index contributed by atoms with van der Waals surface area (Å²) >= 11 is 0. The van der Waals surface area contributed by atoms with E-state index in [4.69, 9.17) is 0 Å². The summed E-state index contributed by atoms with van der Waals surface area (Å²) in [6, 6.07) is 6.03.